The third kappa shape index (κ3) is 3.71. The molecule has 7 nitrogen and oxygen atoms in total. The van der Waals surface area contributed by atoms with E-state index in [-0.39, 0.29) is 0 Å². The van der Waals surface area contributed by atoms with E-state index in [2.05, 4.69) is 0 Å². The van der Waals surface area contributed by atoms with Crippen LogP contribution in [0.15, 0.2) is 36.4 Å². The van der Waals surface area contributed by atoms with Crippen LogP contribution in [0.25, 0.3) is 0 Å². The van der Waals surface area contributed by atoms with Crippen LogP contribution >= 0.6 is 0 Å². The summed E-state index contributed by atoms with van der Waals surface area (Å²) in [5.74, 6) is 0.922. The first kappa shape index (κ1) is 19.8. The van der Waals surface area contributed by atoms with Crippen molar-refractivity contribution in [2.45, 2.75) is 44.5 Å². The largest absolute Gasteiger partial charge is 0.495 e. The highest BCUT2D eigenvalue weighted by Gasteiger charge is 2.46. The van der Waals surface area contributed by atoms with E-state index in [9.17, 15) is 9.90 Å². The van der Waals surface area contributed by atoms with Crippen LogP contribution < -0.4 is 20.9 Å². The maximum atomic E-state index is 11.4. The summed E-state index contributed by atoms with van der Waals surface area (Å²) in [5.41, 5.74) is 13.4. The molecule has 0 aliphatic carbocycles. The zero-order valence-corrected chi connectivity index (χ0v) is 16.3. The van der Waals surface area contributed by atoms with Crippen molar-refractivity contribution in [1.82, 2.24) is 0 Å². The van der Waals surface area contributed by atoms with Gasteiger partial charge in [-0.05, 0) is 38.3 Å². The Morgan fingerprint density at radius 2 is 1.93 bits per heavy atom. The number of ether oxygens (including phenoxy) is 3. The number of primary amides is 1. The molecule has 3 rings (SSSR count). The first-order valence-electron chi connectivity index (χ1n) is 9.11. The van der Waals surface area contributed by atoms with Crippen molar-refractivity contribution in [3.05, 3.63) is 53.1 Å². The van der Waals surface area contributed by atoms with E-state index in [0.29, 0.717) is 29.2 Å². The smallest absolute Gasteiger partial charge is 0.405 e. The molecule has 0 radical (unpaired) electrons. The summed E-state index contributed by atoms with van der Waals surface area (Å²) in [7, 11) is 1.51. The summed E-state index contributed by atoms with van der Waals surface area (Å²) >= 11 is 0. The van der Waals surface area contributed by atoms with Gasteiger partial charge in [-0.3, -0.25) is 0 Å². The van der Waals surface area contributed by atoms with Gasteiger partial charge in [0.2, 0.25) is 0 Å². The topological polar surface area (TPSA) is 117 Å². The Bertz CT molecular complexity index is 867. The highest BCUT2D eigenvalue weighted by atomic mass is 16.6. The normalized spacial score (nSPS) is 20.0. The Morgan fingerprint density at radius 1 is 1.25 bits per heavy atom. The predicted molar refractivity (Wildman–Crippen MR) is 105 cm³/mol. The second-order valence-corrected chi connectivity index (χ2v) is 7.38. The minimum absolute atomic E-state index is 0.426. The van der Waals surface area contributed by atoms with Crippen molar-refractivity contribution in [1.29, 1.82) is 0 Å². The van der Waals surface area contributed by atoms with E-state index in [1.807, 2.05) is 30.3 Å². The number of aryl methyl sites for hydroxylation is 1. The zero-order chi connectivity index (χ0) is 20.5. The lowest BCUT2D eigenvalue weighted by molar-refractivity contribution is -0.113. The molecule has 7 heteroatoms. The molecule has 0 saturated carbocycles. The van der Waals surface area contributed by atoms with Crippen LogP contribution in [0, 0.1) is 0 Å². The molecule has 1 amide bonds. The number of aliphatic hydroxyl groups excluding tert-OH is 1. The van der Waals surface area contributed by atoms with E-state index in [4.69, 9.17) is 25.7 Å². The van der Waals surface area contributed by atoms with Crippen LogP contribution in [0.2, 0.25) is 0 Å². The summed E-state index contributed by atoms with van der Waals surface area (Å²) < 4.78 is 16.8. The number of fused-ring (bicyclic) bond motifs is 1. The predicted octanol–water partition coefficient (Wildman–Crippen LogP) is 2.73. The number of benzene rings is 2. The first-order chi connectivity index (χ1) is 13.2. The van der Waals surface area contributed by atoms with Gasteiger partial charge < -0.3 is 30.8 Å². The van der Waals surface area contributed by atoms with Gasteiger partial charge in [-0.25, -0.2) is 4.79 Å². The van der Waals surface area contributed by atoms with Gasteiger partial charge in [0.25, 0.3) is 0 Å². The maximum Gasteiger partial charge on any atom is 0.405 e. The van der Waals surface area contributed by atoms with Crippen molar-refractivity contribution in [2.75, 3.05) is 12.8 Å². The van der Waals surface area contributed by atoms with Crippen molar-refractivity contribution >= 4 is 11.8 Å². The van der Waals surface area contributed by atoms with Crippen molar-refractivity contribution < 1.29 is 24.1 Å². The van der Waals surface area contributed by atoms with Gasteiger partial charge in [0, 0.05) is 11.1 Å². The number of anilines is 1. The lowest BCUT2D eigenvalue weighted by Crippen LogP contribution is -2.50. The van der Waals surface area contributed by atoms with E-state index in [1.165, 1.54) is 7.11 Å². The summed E-state index contributed by atoms with van der Waals surface area (Å²) in [4.78, 5) is 11.4. The molecule has 0 aromatic heterocycles. The Morgan fingerprint density at radius 3 is 2.54 bits per heavy atom. The molecule has 2 aromatic rings. The van der Waals surface area contributed by atoms with Gasteiger partial charge in [-0.1, -0.05) is 30.3 Å². The minimum Gasteiger partial charge on any atom is -0.495 e. The molecule has 1 aliphatic heterocycles. The number of amides is 1. The lowest BCUT2D eigenvalue weighted by atomic mass is 9.85. The number of hydrogen-bond acceptors (Lipinski definition) is 6. The van der Waals surface area contributed by atoms with E-state index >= 15 is 0 Å². The number of aliphatic hydroxyl groups is 1. The number of nitrogens with two attached hydrogens (primary N) is 2. The van der Waals surface area contributed by atoms with Crippen LogP contribution in [0.3, 0.4) is 0 Å². The first-order valence-corrected chi connectivity index (χ1v) is 9.11. The van der Waals surface area contributed by atoms with Crippen LogP contribution in [0.1, 0.15) is 36.6 Å². The van der Waals surface area contributed by atoms with E-state index < -0.39 is 23.9 Å². The van der Waals surface area contributed by atoms with E-state index in [0.717, 1.165) is 17.5 Å². The molecule has 2 aromatic carbocycles. The molecule has 5 N–H and O–H groups in total. The molecule has 2 atom stereocenters. The fourth-order valence-corrected chi connectivity index (χ4v) is 3.50. The maximum absolute atomic E-state index is 11.4. The number of carbonyl (C=O) groups is 1. The Hall–Kier alpha value is -2.93. The standard InChI is InChI=1S/C21H26N2O5/c1-21(2)19(24)18(27-20(23)25)14-11-15(26-3)16(22)13(17(14)28-21)10-9-12-7-5-4-6-8-12/h4-8,11,18-19,24H,9-10,22H2,1-3H3,(H2,23,25)/t18-,19+/m0/s1. The molecule has 0 bridgehead atoms. The molecule has 0 saturated heterocycles. The molecule has 28 heavy (non-hydrogen) atoms. The molecule has 0 unspecified atom stereocenters. The van der Waals surface area contributed by atoms with Gasteiger partial charge >= 0.3 is 6.09 Å². The van der Waals surface area contributed by atoms with E-state index in [1.54, 1.807) is 19.9 Å². The van der Waals surface area contributed by atoms with Gasteiger partial charge in [0.05, 0.1) is 12.8 Å². The summed E-state index contributed by atoms with van der Waals surface area (Å²) in [5, 5.41) is 10.7. The zero-order valence-electron chi connectivity index (χ0n) is 16.3. The van der Waals surface area contributed by atoms with Crippen LogP contribution in [0.4, 0.5) is 10.5 Å². The number of methoxy groups -OCH3 is 1. The number of carbonyl (C=O) groups excluding carboxylic acids is 1. The molecule has 0 spiro atoms. The van der Waals surface area contributed by atoms with Crippen molar-refractivity contribution in [2.24, 2.45) is 5.73 Å². The van der Waals surface area contributed by atoms with Gasteiger partial charge in [-0.2, -0.15) is 0 Å². The molecule has 0 fully saturated rings. The quantitative estimate of drug-likeness (QED) is 0.680. The Labute approximate surface area is 164 Å². The molecular formula is C21H26N2O5. The average molecular weight is 386 g/mol. The Kier molecular flexibility index (Phi) is 5.38. The summed E-state index contributed by atoms with van der Waals surface area (Å²) in [6, 6.07) is 11.6. The minimum atomic E-state index is -1.11. The van der Waals surface area contributed by atoms with Gasteiger partial charge in [0.15, 0.2) is 6.10 Å². The average Bonchev–Trinajstić information content (AvgIpc) is 2.65. The summed E-state index contributed by atoms with van der Waals surface area (Å²) in [6.07, 6.45) is -1.75. The number of rotatable bonds is 5. The fraction of sp³-hybridized carbons (Fsp3) is 0.381. The summed E-state index contributed by atoms with van der Waals surface area (Å²) in [6.45, 7) is 3.44. The highest BCUT2D eigenvalue weighted by molar-refractivity contribution is 5.69. The third-order valence-electron chi connectivity index (χ3n) is 5.05. The number of hydrogen-bond donors (Lipinski definition) is 3. The second-order valence-electron chi connectivity index (χ2n) is 7.38. The fourth-order valence-electron chi connectivity index (χ4n) is 3.50. The number of nitrogen functional groups attached to an aromatic ring is 1. The monoisotopic (exact) mass is 386 g/mol. The molecule has 150 valence electrons. The molecular weight excluding hydrogens is 360 g/mol. The van der Waals surface area contributed by atoms with Crippen LogP contribution in [0.5, 0.6) is 11.5 Å². The molecule has 1 aliphatic rings. The van der Waals surface area contributed by atoms with Crippen LogP contribution in [-0.2, 0) is 17.6 Å². The third-order valence-corrected chi connectivity index (χ3v) is 5.05. The second kappa shape index (κ2) is 7.59. The SMILES string of the molecule is COc1cc2c(c(CCc3ccccc3)c1N)OC(C)(C)[C@H](O)[C@H]2OC(N)=O. The van der Waals surface area contributed by atoms with Crippen molar-refractivity contribution in [3.8, 4) is 11.5 Å². The highest BCUT2D eigenvalue weighted by Crippen LogP contribution is 2.48. The van der Waals surface area contributed by atoms with Crippen molar-refractivity contribution in [3.63, 3.8) is 0 Å². The van der Waals surface area contributed by atoms with Crippen LogP contribution in [-0.4, -0.2) is 30.0 Å². The van der Waals surface area contributed by atoms with Gasteiger partial charge in [0.1, 0.15) is 23.2 Å². The van der Waals surface area contributed by atoms with Gasteiger partial charge in [-0.15, -0.1) is 0 Å². The molecule has 1 heterocycles. The lowest BCUT2D eigenvalue weighted by Gasteiger charge is -2.42. The Balaban J connectivity index is 2.09.